The molecule has 0 spiro atoms. The molecule has 1 aromatic carbocycles. The molecule has 1 saturated heterocycles. The number of thiophene rings is 1. The molecular formula is C20H26N2O3S2. The molecule has 0 unspecified atom stereocenters. The number of hydrogen-bond acceptors (Lipinski definition) is 4. The van der Waals surface area contributed by atoms with Gasteiger partial charge in [0, 0.05) is 24.4 Å². The van der Waals surface area contributed by atoms with Gasteiger partial charge in [-0.2, -0.15) is 4.31 Å². The molecule has 1 fully saturated rings. The fraction of sp³-hybridized carbons (Fsp3) is 0.450. The molecule has 1 N–H and O–H groups in total. The first kappa shape index (κ1) is 20.0. The Bertz CT molecular complexity index is 840. The molecule has 0 saturated carbocycles. The fourth-order valence-electron chi connectivity index (χ4n) is 3.26. The summed E-state index contributed by atoms with van der Waals surface area (Å²) in [6, 6.07) is 10.9. The second-order valence-electron chi connectivity index (χ2n) is 6.91. The Morgan fingerprint density at radius 1 is 1.15 bits per heavy atom. The van der Waals surface area contributed by atoms with Gasteiger partial charge in [0.2, 0.25) is 15.9 Å². The van der Waals surface area contributed by atoms with Crippen LogP contribution < -0.4 is 5.32 Å². The van der Waals surface area contributed by atoms with Crippen molar-refractivity contribution in [1.29, 1.82) is 0 Å². The number of carbonyl (C=O) groups excluding carboxylic acids is 1. The molecule has 1 aromatic heterocycles. The van der Waals surface area contributed by atoms with Gasteiger partial charge in [-0.05, 0) is 55.3 Å². The van der Waals surface area contributed by atoms with E-state index in [2.05, 4.69) is 5.32 Å². The van der Waals surface area contributed by atoms with E-state index in [-0.39, 0.29) is 11.9 Å². The molecule has 1 atom stereocenters. The fourth-order valence-corrected chi connectivity index (χ4v) is 5.51. The highest BCUT2D eigenvalue weighted by molar-refractivity contribution is 7.89. The van der Waals surface area contributed by atoms with E-state index in [0.717, 1.165) is 29.7 Å². The molecule has 2 aromatic rings. The van der Waals surface area contributed by atoms with E-state index in [1.165, 1.54) is 0 Å². The zero-order valence-corrected chi connectivity index (χ0v) is 17.2. The van der Waals surface area contributed by atoms with Crippen molar-refractivity contribution < 1.29 is 13.2 Å². The van der Waals surface area contributed by atoms with Crippen LogP contribution in [0.2, 0.25) is 0 Å². The van der Waals surface area contributed by atoms with Crippen molar-refractivity contribution in [3.05, 3.63) is 52.2 Å². The number of carbonyl (C=O) groups is 1. The first-order chi connectivity index (χ1) is 13.0. The highest BCUT2D eigenvalue weighted by atomic mass is 32.2. The van der Waals surface area contributed by atoms with E-state index in [1.807, 2.05) is 36.6 Å². The highest BCUT2D eigenvalue weighted by Gasteiger charge is 2.25. The van der Waals surface area contributed by atoms with E-state index in [9.17, 15) is 13.2 Å². The summed E-state index contributed by atoms with van der Waals surface area (Å²) in [6.07, 6.45) is 3.92. The summed E-state index contributed by atoms with van der Waals surface area (Å²) in [5.41, 5.74) is 0.964. The summed E-state index contributed by atoms with van der Waals surface area (Å²) in [4.78, 5) is 13.6. The smallest absolute Gasteiger partial charge is 0.243 e. The van der Waals surface area contributed by atoms with Crippen LogP contribution in [0.4, 0.5) is 0 Å². The second kappa shape index (κ2) is 8.99. The maximum atomic E-state index is 12.7. The van der Waals surface area contributed by atoms with Gasteiger partial charge in [0.25, 0.3) is 0 Å². The Kier molecular flexibility index (Phi) is 6.68. The van der Waals surface area contributed by atoms with Crippen molar-refractivity contribution in [1.82, 2.24) is 9.62 Å². The molecule has 0 aliphatic carbocycles. The van der Waals surface area contributed by atoms with Crippen LogP contribution in [0, 0.1) is 0 Å². The van der Waals surface area contributed by atoms with E-state index in [4.69, 9.17) is 0 Å². The van der Waals surface area contributed by atoms with Crippen LogP contribution in [-0.2, 0) is 21.2 Å². The van der Waals surface area contributed by atoms with Gasteiger partial charge in [0.05, 0.1) is 10.9 Å². The van der Waals surface area contributed by atoms with Gasteiger partial charge in [-0.15, -0.1) is 11.3 Å². The molecule has 3 rings (SSSR count). The molecule has 1 aliphatic rings. The third-order valence-electron chi connectivity index (χ3n) is 4.86. The molecule has 0 radical (unpaired) electrons. The van der Waals surface area contributed by atoms with Crippen LogP contribution in [-0.4, -0.2) is 31.7 Å². The Balaban J connectivity index is 1.53. The summed E-state index contributed by atoms with van der Waals surface area (Å²) in [6.45, 7) is 3.18. The van der Waals surface area contributed by atoms with E-state index < -0.39 is 10.0 Å². The maximum absolute atomic E-state index is 12.7. The van der Waals surface area contributed by atoms with Crippen LogP contribution in [0.3, 0.4) is 0 Å². The molecule has 5 nitrogen and oxygen atoms in total. The maximum Gasteiger partial charge on any atom is 0.243 e. The summed E-state index contributed by atoms with van der Waals surface area (Å²) in [7, 11) is -3.40. The predicted molar refractivity (Wildman–Crippen MR) is 108 cm³/mol. The van der Waals surface area contributed by atoms with Gasteiger partial charge in [-0.3, -0.25) is 4.79 Å². The molecule has 1 amide bonds. The topological polar surface area (TPSA) is 66.5 Å². The first-order valence-electron chi connectivity index (χ1n) is 9.38. The number of rotatable bonds is 7. The zero-order chi connectivity index (χ0) is 19.3. The van der Waals surface area contributed by atoms with Crippen molar-refractivity contribution in [3.63, 3.8) is 0 Å². The summed E-state index contributed by atoms with van der Waals surface area (Å²) in [5, 5.41) is 5.00. The van der Waals surface area contributed by atoms with Crippen molar-refractivity contribution in [3.8, 4) is 0 Å². The zero-order valence-electron chi connectivity index (χ0n) is 15.6. The Hall–Kier alpha value is -1.70. The molecule has 1 aliphatic heterocycles. The average molecular weight is 407 g/mol. The molecule has 146 valence electrons. The van der Waals surface area contributed by atoms with Gasteiger partial charge >= 0.3 is 0 Å². The van der Waals surface area contributed by atoms with Crippen LogP contribution in [0.5, 0.6) is 0 Å². The SMILES string of the molecule is C[C@@H](NC(=O)CCc1ccc(S(=O)(=O)N2CCCCC2)cc1)c1cccs1. The predicted octanol–water partition coefficient (Wildman–Crippen LogP) is 3.73. The number of benzene rings is 1. The van der Waals surface area contributed by atoms with Crippen LogP contribution in [0.25, 0.3) is 0 Å². The minimum Gasteiger partial charge on any atom is -0.349 e. The lowest BCUT2D eigenvalue weighted by Crippen LogP contribution is -2.35. The van der Waals surface area contributed by atoms with Crippen LogP contribution in [0.1, 0.15) is 49.1 Å². The van der Waals surface area contributed by atoms with Crippen molar-refractivity contribution in [2.45, 2.75) is 50.0 Å². The van der Waals surface area contributed by atoms with Crippen molar-refractivity contribution in [2.75, 3.05) is 13.1 Å². The molecule has 0 bridgehead atoms. The lowest BCUT2D eigenvalue weighted by Gasteiger charge is -2.25. The van der Waals surface area contributed by atoms with Gasteiger partial charge < -0.3 is 5.32 Å². The average Bonchev–Trinajstić information content (AvgIpc) is 3.22. The number of aryl methyl sites for hydroxylation is 1. The lowest BCUT2D eigenvalue weighted by atomic mass is 10.1. The number of nitrogens with zero attached hydrogens (tertiary/aromatic N) is 1. The van der Waals surface area contributed by atoms with Gasteiger partial charge in [-0.1, -0.05) is 24.6 Å². The molecule has 27 heavy (non-hydrogen) atoms. The second-order valence-corrected chi connectivity index (χ2v) is 9.83. The van der Waals surface area contributed by atoms with E-state index >= 15 is 0 Å². The number of nitrogens with one attached hydrogen (secondary N) is 1. The van der Waals surface area contributed by atoms with Crippen molar-refractivity contribution >= 4 is 27.3 Å². The van der Waals surface area contributed by atoms with Crippen molar-refractivity contribution in [2.24, 2.45) is 0 Å². The minimum absolute atomic E-state index is 0.000847. The quantitative estimate of drug-likeness (QED) is 0.762. The number of piperidine rings is 1. The van der Waals surface area contributed by atoms with Gasteiger partial charge in [-0.25, -0.2) is 8.42 Å². The number of hydrogen-bond donors (Lipinski definition) is 1. The third-order valence-corrected chi connectivity index (χ3v) is 7.83. The van der Waals surface area contributed by atoms with E-state index in [0.29, 0.717) is 30.8 Å². The lowest BCUT2D eigenvalue weighted by molar-refractivity contribution is -0.121. The molecule has 2 heterocycles. The Labute approximate surface area is 165 Å². The van der Waals surface area contributed by atoms with Crippen LogP contribution in [0.15, 0.2) is 46.7 Å². The van der Waals surface area contributed by atoms with Gasteiger partial charge in [0.15, 0.2) is 0 Å². The number of sulfonamides is 1. The summed E-state index contributed by atoms with van der Waals surface area (Å²) in [5.74, 6) is 0.000847. The molecular weight excluding hydrogens is 380 g/mol. The summed E-state index contributed by atoms with van der Waals surface area (Å²) >= 11 is 1.63. The standard InChI is InChI=1S/C20H26N2O3S2/c1-16(19-6-5-15-26-19)21-20(23)12-9-17-7-10-18(11-8-17)27(24,25)22-13-3-2-4-14-22/h5-8,10-11,15-16H,2-4,9,12-14H2,1H3,(H,21,23)/t16-/m1/s1. The number of amides is 1. The highest BCUT2D eigenvalue weighted by Crippen LogP contribution is 2.21. The summed E-state index contributed by atoms with van der Waals surface area (Å²) < 4.78 is 26.9. The van der Waals surface area contributed by atoms with Crippen LogP contribution >= 0.6 is 11.3 Å². The normalized spacial score (nSPS) is 16.8. The Morgan fingerprint density at radius 3 is 2.48 bits per heavy atom. The monoisotopic (exact) mass is 406 g/mol. The van der Waals surface area contributed by atoms with E-state index in [1.54, 1.807) is 27.8 Å². The third kappa shape index (κ3) is 5.18. The minimum atomic E-state index is -3.40. The molecule has 7 heteroatoms. The first-order valence-corrected chi connectivity index (χ1v) is 11.7. The van der Waals surface area contributed by atoms with Gasteiger partial charge in [0.1, 0.15) is 0 Å². The Morgan fingerprint density at radius 2 is 1.85 bits per heavy atom. The largest absolute Gasteiger partial charge is 0.349 e.